The van der Waals surface area contributed by atoms with E-state index in [-0.39, 0.29) is 12.5 Å². The standard InChI is InChI=1S/C22H21NO4/c1-3-26-22(25)18-9-8-15(2)20(13-18)23-21(24)14-27-19-11-10-16-6-4-5-7-17(16)12-19/h4-13H,3,14H2,1-2H3,(H,23,24). The maximum atomic E-state index is 12.3. The molecule has 0 aliphatic rings. The van der Waals surface area contributed by atoms with Gasteiger partial charge in [0.2, 0.25) is 0 Å². The van der Waals surface area contributed by atoms with E-state index in [9.17, 15) is 9.59 Å². The van der Waals surface area contributed by atoms with Gasteiger partial charge in [-0.05, 0) is 54.4 Å². The summed E-state index contributed by atoms with van der Waals surface area (Å²) in [6, 6.07) is 18.7. The van der Waals surface area contributed by atoms with Gasteiger partial charge in [-0.1, -0.05) is 36.4 Å². The monoisotopic (exact) mass is 363 g/mol. The number of nitrogens with one attached hydrogen (secondary N) is 1. The highest BCUT2D eigenvalue weighted by molar-refractivity contribution is 5.96. The molecule has 27 heavy (non-hydrogen) atoms. The van der Waals surface area contributed by atoms with Crippen LogP contribution in [0.15, 0.2) is 60.7 Å². The summed E-state index contributed by atoms with van der Waals surface area (Å²) < 4.78 is 10.6. The molecule has 0 aliphatic carbocycles. The first-order valence-corrected chi connectivity index (χ1v) is 8.76. The van der Waals surface area contributed by atoms with Gasteiger partial charge >= 0.3 is 5.97 Å². The highest BCUT2D eigenvalue weighted by Gasteiger charge is 2.11. The van der Waals surface area contributed by atoms with E-state index in [1.165, 1.54) is 0 Å². The first-order valence-electron chi connectivity index (χ1n) is 8.76. The van der Waals surface area contributed by atoms with Gasteiger partial charge in [0.15, 0.2) is 6.61 Å². The molecule has 5 heteroatoms. The SMILES string of the molecule is CCOC(=O)c1ccc(C)c(NC(=O)COc2ccc3ccccc3c2)c1. The Hall–Kier alpha value is -3.34. The molecular weight excluding hydrogens is 342 g/mol. The number of rotatable bonds is 6. The molecule has 138 valence electrons. The Morgan fingerprint density at radius 1 is 0.963 bits per heavy atom. The second kappa shape index (κ2) is 8.36. The van der Waals surface area contributed by atoms with E-state index in [0.29, 0.717) is 23.6 Å². The molecule has 0 unspecified atom stereocenters. The van der Waals surface area contributed by atoms with E-state index in [4.69, 9.17) is 9.47 Å². The van der Waals surface area contributed by atoms with Gasteiger partial charge in [-0.2, -0.15) is 0 Å². The van der Waals surface area contributed by atoms with Gasteiger partial charge in [-0.3, -0.25) is 4.79 Å². The summed E-state index contributed by atoms with van der Waals surface area (Å²) in [6.07, 6.45) is 0. The lowest BCUT2D eigenvalue weighted by molar-refractivity contribution is -0.118. The van der Waals surface area contributed by atoms with Crippen molar-refractivity contribution < 1.29 is 19.1 Å². The number of benzene rings is 3. The lowest BCUT2D eigenvalue weighted by Gasteiger charge is -2.11. The van der Waals surface area contributed by atoms with Crippen molar-refractivity contribution in [3.05, 3.63) is 71.8 Å². The van der Waals surface area contributed by atoms with Gasteiger partial charge < -0.3 is 14.8 Å². The van der Waals surface area contributed by atoms with Crippen molar-refractivity contribution in [3.8, 4) is 5.75 Å². The van der Waals surface area contributed by atoms with Crippen LogP contribution in [0.4, 0.5) is 5.69 Å². The zero-order chi connectivity index (χ0) is 19.2. The Kier molecular flexibility index (Phi) is 5.71. The van der Waals surface area contributed by atoms with Crippen LogP contribution < -0.4 is 10.1 Å². The summed E-state index contributed by atoms with van der Waals surface area (Å²) in [4.78, 5) is 24.1. The summed E-state index contributed by atoms with van der Waals surface area (Å²) in [5.74, 6) is -0.0893. The van der Waals surface area contributed by atoms with E-state index in [2.05, 4.69) is 5.32 Å². The molecule has 5 nitrogen and oxygen atoms in total. The zero-order valence-electron chi connectivity index (χ0n) is 15.3. The molecule has 3 rings (SSSR count). The lowest BCUT2D eigenvalue weighted by atomic mass is 10.1. The number of aryl methyl sites for hydroxylation is 1. The van der Waals surface area contributed by atoms with Crippen molar-refractivity contribution in [3.63, 3.8) is 0 Å². The molecule has 3 aromatic carbocycles. The molecule has 0 fully saturated rings. The fourth-order valence-electron chi connectivity index (χ4n) is 2.69. The Morgan fingerprint density at radius 3 is 2.52 bits per heavy atom. The minimum absolute atomic E-state index is 0.124. The van der Waals surface area contributed by atoms with Crippen molar-refractivity contribution in [2.45, 2.75) is 13.8 Å². The number of carbonyl (C=O) groups excluding carboxylic acids is 2. The van der Waals surface area contributed by atoms with Crippen LogP contribution in [0.2, 0.25) is 0 Å². The van der Waals surface area contributed by atoms with Crippen LogP contribution in [0.25, 0.3) is 10.8 Å². The molecule has 0 radical (unpaired) electrons. The van der Waals surface area contributed by atoms with Crippen LogP contribution in [0, 0.1) is 6.92 Å². The molecule has 0 saturated heterocycles. The topological polar surface area (TPSA) is 64.6 Å². The summed E-state index contributed by atoms with van der Waals surface area (Å²) in [5.41, 5.74) is 1.81. The molecule has 0 spiro atoms. The van der Waals surface area contributed by atoms with E-state index in [1.807, 2.05) is 49.4 Å². The van der Waals surface area contributed by atoms with Crippen LogP contribution in [-0.4, -0.2) is 25.1 Å². The summed E-state index contributed by atoms with van der Waals surface area (Å²) >= 11 is 0. The second-order valence-corrected chi connectivity index (χ2v) is 6.10. The Labute approximate surface area is 157 Å². The lowest BCUT2D eigenvalue weighted by Crippen LogP contribution is -2.21. The smallest absolute Gasteiger partial charge is 0.338 e. The number of hydrogen-bond acceptors (Lipinski definition) is 4. The van der Waals surface area contributed by atoms with Gasteiger partial charge in [-0.15, -0.1) is 0 Å². The van der Waals surface area contributed by atoms with Gasteiger partial charge in [-0.25, -0.2) is 4.79 Å². The minimum Gasteiger partial charge on any atom is -0.484 e. The third-order valence-corrected chi connectivity index (χ3v) is 4.11. The zero-order valence-corrected chi connectivity index (χ0v) is 15.3. The molecule has 0 heterocycles. The first kappa shape index (κ1) is 18.5. The number of hydrogen-bond donors (Lipinski definition) is 1. The third kappa shape index (κ3) is 4.64. The van der Waals surface area contributed by atoms with Gasteiger partial charge in [0.25, 0.3) is 5.91 Å². The predicted molar refractivity (Wildman–Crippen MR) is 105 cm³/mol. The van der Waals surface area contributed by atoms with E-state index in [1.54, 1.807) is 25.1 Å². The highest BCUT2D eigenvalue weighted by atomic mass is 16.5. The van der Waals surface area contributed by atoms with Crippen LogP contribution >= 0.6 is 0 Å². The normalized spacial score (nSPS) is 10.4. The molecule has 3 aromatic rings. The average Bonchev–Trinajstić information content (AvgIpc) is 2.68. The van der Waals surface area contributed by atoms with E-state index in [0.717, 1.165) is 16.3 Å². The average molecular weight is 363 g/mol. The number of fused-ring (bicyclic) bond motifs is 1. The minimum atomic E-state index is -0.416. The number of ether oxygens (including phenoxy) is 2. The molecule has 0 saturated carbocycles. The molecule has 0 atom stereocenters. The number of esters is 1. The number of anilines is 1. The molecule has 0 aliphatic heterocycles. The van der Waals surface area contributed by atoms with E-state index >= 15 is 0 Å². The molecule has 1 N–H and O–H groups in total. The second-order valence-electron chi connectivity index (χ2n) is 6.10. The van der Waals surface area contributed by atoms with Gasteiger partial charge in [0, 0.05) is 5.69 Å². The third-order valence-electron chi connectivity index (χ3n) is 4.11. The Balaban J connectivity index is 1.64. The van der Waals surface area contributed by atoms with Crippen LogP contribution in [0.1, 0.15) is 22.8 Å². The van der Waals surface area contributed by atoms with Crippen molar-refractivity contribution in [1.82, 2.24) is 0 Å². The Bertz CT molecular complexity index is 981. The largest absolute Gasteiger partial charge is 0.484 e. The molecule has 0 aromatic heterocycles. The summed E-state index contributed by atoms with van der Waals surface area (Å²) in [7, 11) is 0. The number of amides is 1. The number of carbonyl (C=O) groups is 2. The Morgan fingerprint density at radius 2 is 1.74 bits per heavy atom. The predicted octanol–water partition coefficient (Wildman–Crippen LogP) is 4.34. The fourth-order valence-corrected chi connectivity index (χ4v) is 2.69. The van der Waals surface area contributed by atoms with Crippen molar-refractivity contribution in [2.75, 3.05) is 18.5 Å². The maximum absolute atomic E-state index is 12.3. The first-order chi connectivity index (χ1) is 13.1. The summed E-state index contributed by atoms with van der Waals surface area (Å²) in [5, 5.41) is 4.94. The molecule has 1 amide bonds. The molecular formula is C22H21NO4. The van der Waals surface area contributed by atoms with E-state index < -0.39 is 5.97 Å². The van der Waals surface area contributed by atoms with Crippen LogP contribution in [0.3, 0.4) is 0 Å². The fraction of sp³-hybridized carbons (Fsp3) is 0.182. The van der Waals surface area contributed by atoms with Crippen molar-refractivity contribution >= 4 is 28.3 Å². The highest BCUT2D eigenvalue weighted by Crippen LogP contribution is 2.21. The quantitative estimate of drug-likeness (QED) is 0.662. The van der Waals surface area contributed by atoms with Crippen LogP contribution in [0.5, 0.6) is 5.75 Å². The molecule has 0 bridgehead atoms. The van der Waals surface area contributed by atoms with Gasteiger partial charge in [0.05, 0.1) is 12.2 Å². The summed E-state index contributed by atoms with van der Waals surface area (Å²) in [6.45, 7) is 3.78. The maximum Gasteiger partial charge on any atom is 0.338 e. The van der Waals surface area contributed by atoms with Gasteiger partial charge in [0.1, 0.15) is 5.75 Å². The van der Waals surface area contributed by atoms with Crippen LogP contribution in [-0.2, 0) is 9.53 Å². The van der Waals surface area contributed by atoms with Crippen molar-refractivity contribution in [2.24, 2.45) is 0 Å². The van der Waals surface area contributed by atoms with Crippen molar-refractivity contribution in [1.29, 1.82) is 0 Å².